The van der Waals surface area contributed by atoms with Gasteiger partial charge in [-0.2, -0.15) is 0 Å². The summed E-state index contributed by atoms with van der Waals surface area (Å²) in [7, 11) is 0. The lowest BCUT2D eigenvalue weighted by Crippen LogP contribution is -2.28. The maximum absolute atomic E-state index is 9.29. The quantitative estimate of drug-likeness (QED) is 0.736. The van der Waals surface area contributed by atoms with Crippen molar-refractivity contribution in [2.45, 2.75) is 44.9 Å². The number of benzene rings is 1. The highest BCUT2D eigenvalue weighted by atomic mass is 16.3. The van der Waals surface area contributed by atoms with Crippen LogP contribution in [0.4, 0.5) is 0 Å². The third kappa shape index (κ3) is 2.17. The zero-order valence-corrected chi connectivity index (χ0v) is 9.66. The molecule has 0 radical (unpaired) electrons. The Morgan fingerprint density at radius 2 is 1.93 bits per heavy atom. The van der Waals surface area contributed by atoms with Crippen molar-refractivity contribution >= 4 is 0 Å². The van der Waals surface area contributed by atoms with E-state index >= 15 is 0 Å². The Bertz CT molecular complexity index is 328. The van der Waals surface area contributed by atoms with Gasteiger partial charge >= 0.3 is 0 Å². The summed E-state index contributed by atoms with van der Waals surface area (Å²) in [6.07, 6.45) is 5.26. The van der Waals surface area contributed by atoms with E-state index in [1.54, 1.807) is 12.1 Å². The average molecular weight is 204 g/mol. The molecule has 0 aliphatic heterocycles. The van der Waals surface area contributed by atoms with E-state index in [4.69, 9.17) is 0 Å². The van der Waals surface area contributed by atoms with Crippen LogP contribution in [0.2, 0.25) is 0 Å². The second-order valence-electron chi connectivity index (χ2n) is 5.31. The topological polar surface area (TPSA) is 20.2 Å². The lowest BCUT2D eigenvalue weighted by atomic mass is 9.67. The lowest BCUT2D eigenvalue weighted by molar-refractivity contribution is 0.252. The van der Waals surface area contributed by atoms with E-state index in [2.05, 4.69) is 26.0 Å². The molecule has 2 unspecified atom stereocenters. The molecular weight excluding hydrogens is 184 g/mol. The minimum Gasteiger partial charge on any atom is -0.508 e. The van der Waals surface area contributed by atoms with Crippen LogP contribution in [0.5, 0.6) is 5.75 Å². The van der Waals surface area contributed by atoms with E-state index < -0.39 is 0 Å². The molecule has 15 heavy (non-hydrogen) atoms. The van der Waals surface area contributed by atoms with Gasteiger partial charge in [0.2, 0.25) is 0 Å². The smallest absolute Gasteiger partial charge is 0.115 e. The summed E-state index contributed by atoms with van der Waals surface area (Å²) in [5.74, 6) is 1.20. The normalized spacial score (nSPS) is 31.5. The molecule has 1 aromatic rings. The highest BCUT2D eigenvalue weighted by Gasteiger charge is 2.31. The molecule has 2 atom stereocenters. The van der Waals surface area contributed by atoms with Gasteiger partial charge in [-0.15, -0.1) is 0 Å². The van der Waals surface area contributed by atoms with Crippen molar-refractivity contribution < 1.29 is 5.11 Å². The van der Waals surface area contributed by atoms with Crippen molar-refractivity contribution in [1.82, 2.24) is 0 Å². The average Bonchev–Trinajstić information content (AvgIpc) is 2.18. The molecule has 0 aromatic heterocycles. The number of rotatable bonds is 1. The van der Waals surface area contributed by atoms with Crippen LogP contribution in [-0.2, 0) is 5.41 Å². The van der Waals surface area contributed by atoms with Crippen LogP contribution in [0.15, 0.2) is 24.3 Å². The molecule has 0 spiro atoms. The molecule has 0 amide bonds. The van der Waals surface area contributed by atoms with E-state index in [9.17, 15) is 5.11 Å². The van der Waals surface area contributed by atoms with E-state index in [0.717, 1.165) is 5.92 Å². The first-order valence-electron chi connectivity index (χ1n) is 5.90. The molecule has 1 nitrogen and oxygen atoms in total. The maximum Gasteiger partial charge on any atom is 0.115 e. The van der Waals surface area contributed by atoms with Crippen LogP contribution < -0.4 is 0 Å². The molecule has 1 N–H and O–H groups in total. The Kier molecular flexibility index (Phi) is 2.72. The number of aromatic hydroxyl groups is 1. The molecule has 1 heteroatoms. The Labute approximate surface area is 92.1 Å². The van der Waals surface area contributed by atoms with Crippen LogP contribution >= 0.6 is 0 Å². The van der Waals surface area contributed by atoms with Gasteiger partial charge in [0.25, 0.3) is 0 Å². The number of phenolic OH excluding ortho intramolecular Hbond substituents is 1. The molecule has 0 bridgehead atoms. The highest BCUT2D eigenvalue weighted by molar-refractivity contribution is 5.31. The van der Waals surface area contributed by atoms with Crippen molar-refractivity contribution in [3.8, 4) is 5.75 Å². The van der Waals surface area contributed by atoms with Gasteiger partial charge in [0.1, 0.15) is 5.75 Å². The molecule has 0 heterocycles. The van der Waals surface area contributed by atoms with Crippen LogP contribution in [0.3, 0.4) is 0 Å². The van der Waals surface area contributed by atoms with Gasteiger partial charge in [-0.1, -0.05) is 38.8 Å². The SMILES string of the molecule is CC1CCCC(C)(c2ccc(O)cc2)C1. The fourth-order valence-electron chi connectivity index (χ4n) is 2.94. The number of hydrogen-bond acceptors (Lipinski definition) is 1. The molecule has 0 saturated heterocycles. The van der Waals surface area contributed by atoms with Gasteiger partial charge in [0.05, 0.1) is 0 Å². The van der Waals surface area contributed by atoms with Crippen LogP contribution in [0.1, 0.15) is 45.1 Å². The van der Waals surface area contributed by atoms with Gasteiger partial charge in [-0.25, -0.2) is 0 Å². The molecule has 1 aliphatic carbocycles. The van der Waals surface area contributed by atoms with Crippen LogP contribution in [0, 0.1) is 5.92 Å². The Morgan fingerprint density at radius 3 is 2.53 bits per heavy atom. The van der Waals surface area contributed by atoms with Gasteiger partial charge in [0, 0.05) is 0 Å². The summed E-state index contributed by atoms with van der Waals surface area (Å²) in [6, 6.07) is 7.76. The molecular formula is C14H20O. The second-order valence-corrected chi connectivity index (χ2v) is 5.31. The first-order valence-corrected chi connectivity index (χ1v) is 5.90. The van der Waals surface area contributed by atoms with E-state index in [-0.39, 0.29) is 0 Å². The van der Waals surface area contributed by atoms with E-state index in [1.807, 2.05) is 0 Å². The molecule has 1 aromatic carbocycles. The van der Waals surface area contributed by atoms with Crippen molar-refractivity contribution in [1.29, 1.82) is 0 Å². The molecule has 1 saturated carbocycles. The van der Waals surface area contributed by atoms with Gasteiger partial charge in [0.15, 0.2) is 0 Å². The minimum absolute atomic E-state index is 0.325. The molecule has 2 rings (SSSR count). The van der Waals surface area contributed by atoms with Gasteiger partial charge in [-0.3, -0.25) is 0 Å². The van der Waals surface area contributed by atoms with Crippen molar-refractivity contribution in [2.75, 3.05) is 0 Å². The van der Waals surface area contributed by atoms with E-state index in [0.29, 0.717) is 11.2 Å². The second kappa shape index (κ2) is 3.88. The third-order valence-electron chi connectivity index (χ3n) is 3.79. The minimum atomic E-state index is 0.325. The predicted molar refractivity (Wildman–Crippen MR) is 63.1 cm³/mol. The first-order chi connectivity index (χ1) is 7.10. The molecule has 82 valence electrons. The predicted octanol–water partition coefficient (Wildman–Crippen LogP) is 3.86. The zero-order chi connectivity index (χ0) is 10.9. The Morgan fingerprint density at radius 1 is 1.27 bits per heavy atom. The van der Waals surface area contributed by atoms with E-state index in [1.165, 1.54) is 31.2 Å². The highest BCUT2D eigenvalue weighted by Crippen LogP contribution is 2.41. The lowest BCUT2D eigenvalue weighted by Gasteiger charge is -2.37. The summed E-state index contributed by atoms with van der Waals surface area (Å²) in [5, 5.41) is 9.29. The summed E-state index contributed by atoms with van der Waals surface area (Å²) < 4.78 is 0. The van der Waals surface area contributed by atoms with Gasteiger partial charge in [-0.05, 0) is 41.9 Å². The van der Waals surface area contributed by atoms with Crippen LogP contribution in [-0.4, -0.2) is 5.11 Å². The largest absolute Gasteiger partial charge is 0.508 e. The third-order valence-corrected chi connectivity index (χ3v) is 3.79. The molecule has 1 fully saturated rings. The first kappa shape index (κ1) is 10.5. The zero-order valence-electron chi connectivity index (χ0n) is 9.66. The van der Waals surface area contributed by atoms with Gasteiger partial charge < -0.3 is 5.11 Å². The summed E-state index contributed by atoms with van der Waals surface area (Å²) in [4.78, 5) is 0. The fraction of sp³-hybridized carbons (Fsp3) is 0.571. The van der Waals surface area contributed by atoms with Crippen LogP contribution in [0.25, 0.3) is 0 Å². The fourth-order valence-corrected chi connectivity index (χ4v) is 2.94. The summed E-state index contributed by atoms with van der Waals surface area (Å²) >= 11 is 0. The summed E-state index contributed by atoms with van der Waals surface area (Å²) in [5.41, 5.74) is 1.71. The Hall–Kier alpha value is -0.980. The van der Waals surface area contributed by atoms with Crippen molar-refractivity contribution in [3.63, 3.8) is 0 Å². The maximum atomic E-state index is 9.29. The number of hydrogen-bond donors (Lipinski definition) is 1. The Balaban J connectivity index is 2.24. The van der Waals surface area contributed by atoms with Crippen molar-refractivity contribution in [2.24, 2.45) is 5.92 Å². The summed E-state index contributed by atoms with van der Waals surface area (Å²) in [6.45, 7) is 4.70. The molecule has 1 aliphatic rings. The number of phenols is 1. The monoisotopic (exact) mass is 204 g/mol. The standard InChI is InChI=1S/C14H20O/c1-11-4-3-9-14(2,10-11)12-5-7-13(15)8-6-12/h5-8,11,15H,3-4,9-10H2,1-2H3. The van der Waals surface area contributed by atoms with Crippen molar-refractivity contribution in [3.05, 3.63) is 29.8 Å².